The Balaban J connectivity index is 1.76. The van der Waals surface area contributed by atoms with Gasteiger partial charge in [-0.05, 0) is 42.8 Å². The molecule has 5 heteroatoms. The molecule has 2 N–H and O–H groups in total. The average Bonchev–Trinajstić information content (AvgIpc) is 2.44. The summed E-state index contributed by atoms with van der Waals surface area (Å²) >= 11 is 0. The summed E-state index contributed by atoms with van der Waals surface area (Å²) in [7, 11) is -1.13. The third-order valence-electron chi connectivity index (χ3n) is 2.68. The second kappa shape index (κ2) is 7.05. The summed E-state index contributed by atoms with van der Waals surface area (Å²) in [5.41, 5.74) is 6.29. The molecule has 1 atom stereocenters. The summed E-state index contributed by atoms with van der Waals surface area (Å²) in [6.45, 7) is 0.469. The predicted molar refractivity (Wildman–Crippen MR) is 78.6 cm³/mol. The molecule has 2 aromatic rings. The summed E-state index contributed by atoms with van der Waals surface area (Å²) in [5, 5.41) is 0. The SMILES string of the molecule is Nc1cccc(OCCCS(=O)c2ccc(F)cc2)c1. The van der Waals surface area contributed by atoms with Gasteiger partial charge in [-0.2, -0.15) is 0 Å². The number of hydrogen-bond acceptors (Lipinski definition) is 3. The largest absolute Gasteiger partial charge is 0.493 e. The molecule has 2 aromatic carbocycles. The van der Waals surface area contributed by atoms with Crippen LogP contribution in [0.15, 0.2) is 53.4 Å². The van der Waals surface area contributed by atoms with Gasteiger partial charge >= 0.3 is 0 Å². The number of benzene rings is 2. The van der Waals surface area contributed by atoms with E-state index in [1.165, 1.54) is 12.1 Å². The van der Waals surface area contributed by atoms with Crippen molar-refractivity contribution < 1.29 is 13.3 Å². The van der Waals surface area contributed by atoms with Gasteiger partial charge in [0.1, 0.15) is 11.6 Å². The third kappa shape index (κ3) is 4.35. The van der Waals surface area contributed by atoms with Gasteiger partial charge in [-0.25, -0.2) is 4.39 Å². The first-order chi connectivity index (χ1) is 9.65. The van der Waals surface area contributed by atoms with Crippen LogP contribution in [-0.2, 0) is 10.8 Å². The van der Waals surface area contributed by atoms with E-state index in [0.29, 0.717) is 35.1 Å². The fourth-order valence-corrected chi connectivity index (χ4v) is 2.74. The Hall–Kier alpha value is -1.88. The zero-order valence-electron chi connectivity index (χ0n) is 10.9. The summed E-state index contributed by atoms with van der Waals surface area (Å²) in [5.74, 6) is 0.863. The molecule has 3 nitrogen and oxygen atoms in total. The van der Waals surface area contributed by atoms with Crippen LogP contribution in [0, 0.1) is 5.82 Å². The van der Waals surface area contributed by atoms with Crippen molar-refractivity contribution in [2.75, 3.05) is 18.1 Å². The van der Waals surface area contributed by atoms with E-state index in [2.05, 4.69) is 0 Å². The van der Waals surface area contributed by atoms with Crippen molar-refractivity contribution in [1.29, 1.82) is 0 Å². The first-order valence-corrected chi connectivity index (χ1v) is 7.59. The van der Waals surface area contributed by atoms with E-state index in [4.69, 9.17) is 10.5 Å². The second-order valence-corrected chi connectivity index (χ2v) is 5.85. The van der Waals surface area contributed by atoms with Crippen molar-refractivity contribution in [3.05, 3.63) is 54.3 Å². The Bertz CT molecular complexity index is 587. The van der Waals surface area contributed by atoms with Gasteiger partial charge < -0.3 is 10.5 Å². The molecule has 0 radical (unpaired) electrons. The molecule has 2 rings (SSSR count). The Kier molecular flexibility index (Phi) is 5.12. The molecule has 0 fully saturated rings. The van der Waals surface area contributed by atoms with Crippen LogP contribution >= 0.6 is 0 Å². The van der Waals surface area contributed by atoms with Gasteiger partial charge in [-0.1, -0.05) is 6.07 Å². The number of rotatable bonds is 6. The van der Waals surface area contributed by atoms with Crippen molar-refractivity contribution in [3.8, 4) is 5.75 Å². The zero-order chi connectivity index (χ0) is 14.4. The minimum absolute atomic E-state index is 0.323. The lowest BCUT2D eigenvalue weighted by atomic mass is 10.3. The van der Waals surface area contributed by atoms with Crippen LogP contribution in [0.3, 0.4) is 0 Å². The first-order valence-electron chi connectivity index (χ1n) is 6.27. The number of halogens is 1. The Morgan fingerprint density at radius 1 is 1.15 bits per heavy atom. The van der Waals surface area contributed by atoms with Crippen LogP contribution in [-0.4, -0.2) is 16.6 Å². The first kappa shape index (κ1) is 14.5. The van der Waals surface area contributed by atoms with Crippen LogP contribution < -0.4 is 10.5 Å². The lowest BCUT2D eigenvalue weighted by Crippen LogP contribution is -2.05. The van der Waals surface area contributed by atoms with Crippen molar-refractivity contribution in [2.24, 2.45) is 0 Å². The monoisotopic (exact) mass is 293 g/mol. The Labute approximate surface area is 120 Å². The molecule has 0 aromatic heterocycles. The van der Waals surface area contributed by atoms with Gasteiger partial charge in [0.25, 0.3) is 0 Å². The number of ether oxygens (including phenoxy) is 1. The molecule has 106 valence electrons. The molecule has 0 spiro atoms. The molecule has 0 heterocycles. The van der Waals surface area contributed by atoms with Crippen LogP contribution in [0.5, 0.6) is 5.75 Å². The zero-order valence-corrected chi connectivity index (χ0v) is 11.7. The van der Waals surface area contributed by atoms with Crippen molar-refractivity contribution in [2.45, 2.75) is 11.3 Å². The molecule has 0 aliphatic heterocycles. The highest BCUT2D eigenvalue weighted by Gasteiger charge is 2.04. The van der Waals surface area contributed by atoms with E-state index in [0.717, 1.165) is 0 Å². The van der Waals surface area contributed by atoms with Crippen LogP contribution in [0.25, 0.3) is 0 Å². The predicted octanol–water partition coefficient (Wildman–Crippen LogP) is 2.98. The van der Waals surface area contributed by atoms with Gasteiger partial charge in [0, 0.05) is 22.4 Å². The van der Waals surface area contributed by atoms with Crippen molar-refractivity contribution in [3.63, 3.8) is 0 Å². The van der Waals surface area contributed by atoms with Gasteiger partial charge in [-0.3, -0.25) is 4.21 Å². The molecule has 0 saturated carbocycles. The summed E-state index contributed by atoms with van der Waals surface area (Å²) in [4.78, 5) is 0.635. The number of nitrogens with two attached hydrogens (primary N) is 1. The van der Waals surface area contributed by atoms with E-state index in [9.17, 15) is 8.60 Å². The van der Waals surface area contributed by atoms with Crippen LogP contribution in [0.1, 0.15) is 6.42 Å². The molecule has 0 aliphatic rings. The van der Waals surface area contributed by atoms with E-state index >= 15 is 0 Å². The topological polar surface area (TPSA) is 52.3 Å². The Morgan fingerprint density at radius 3 is 2.60 bits per heavy atom. The highest BCUT2D eigenvalue weighted by atomic mass is 32.2. The minimum atomic E-state index is -1.13. The molecule has 20 heavy (non-hydrogen) atoms. The van der Waals surface area contributed by atoms with E-state index < -0.39 is 10.8 Å². The molecular weight excluding hydrogens is 277 g/mol. The fourth-order valence-electron chi connectivity index (χ4n) is 1.69. The summed E-state index contributed by atoms with van der Waals surface area (Å²) < 4.78 is 30.2. The molecular formula is C15H16FNO2S. The summed E-state index contributed by atoms with van der Waals surface area (Å²) in [6, 6.07) is 12.9. The molecule has 1 unspecified atom stereocenters. The maximum Gasteiger partial charge on any atom is 0.123 e. The number of hydrogen-bond donors (Lipinski definition) is 1. The van der Waals surface area contributed by atoms with Crippen LogP contribution in [0.2, 0.25) is 0 Å². The third-order valence-corrected chi connectivity index (χ3v) is 4.13. The molecule has 0 bridgehead atoms. The van der Waals surface area contributed by atoms with Gasteiger partial charge in [0.05, 0.1) is 17.4 Å². The Morgan fingerprint density at radius 2 is 1.90 bits per heavy atom. The van der Waals surface area contributed by atoms with E-state index in [-0.39, 0.29) is 5.82 Å². The minimum Gasteiger partial charge on any atom is -0.493 e. The highest BCUT2D eigenvalue weighted by Crippen LogP contribution is 2.15. The highest BCUT2D eigenvalue weighted by molar-refractivity contribution is 7.85. The lowest BCUT2D eigenvalue weighted by Gasteiger charge is -2.06. The maximum absolute atomic E-state index is 12.7. The maximum atomic E-state index is 12.7. The molecule has 0 saturated heterocycles. The number of anilines is 1. The van der Waals surface area contributed by atoms with Crippen LogP contribution in [0.4, 0.5) is 10.1 Å². The molecule has 0 amide bonds. The van der Waals surface area contributed by atoms with Gasteiger partial charge in [-0.15, -0.1) is 0 Å². The van der Waals surface area contributed by atoms with Crippen molar-refractivity contribution >= 4 is 16.5 Å². The smallest absolute Gasteiger partial charge is 0.123 e. The lowest BCUT2D eigenvalue weighted by molar-refractivity contribution is 0.318. The standard InChI is InChI=1S/C15H16FNO2S/c16-12-5-7-15(8-6-12)20(18)10-2-9-19-14-4-1-3-13(17)11-14/h1,3-8,11H,2,9-10,17H2. The molecule has 0 aliphatic carbocycles. The number of nitrogen functional groups attached to an aromatic ring is 1. The summed E-state index contributed by atoms with van der Waals surface area (Å²) in [6.07, 6.45) is 0.652. The van der Waals surface area contributed by atoms with E-state index in [1.54, 1.807) is 24.3 Å². The van der Waals surface area contributed by atoms with Crippen molar-refractivity contribution in [1.82, 2.24) is 0 Å². The second-order valence-electron chi connectivity index (χ2n) is 4.28. The van der Waals surface area contributed by atoms with E-state index in [1.807, 2.05) is 12.1 Å². The van der Waals surface area contributed by atoms with Gasteiger partial charge in [0.2, 0.25) is 0 Å². The quantitative estimate of drug-likeness (QED) is 0.658. The normalized spacial score (nSPS) is 12.1. The fraction of sp³-hybridized carbons (Fsp3) is 0.200. The average molecular weight is 293 g/mol. The van der Waals surface area contributed by atoms with Gasteiger partial charge in [0.15, 0.2) is 0 Å².